The van der Waals surface area contributed by atoms with Gasteiger partial charge in [0.25, 0.3) is 0 Å². The van der Waals surface area contributed by atoms with Crippen LogP contribution in [0.4, 0.5) is 5.69 Å². The van der Waals surface area contributed by atoms with Crippen molar-refractivity contribution in [2.45, 2.75) is 74.8 Å². The molecule has 1 saturated carbocycles. The molecule has 0 aromatic heterocycles. The molecule has 1 aliphatic heterocycles. The van der Waals surface area contributed by atoms with Gasteiger partial charge >= 0.3 is 0 Å². The first-order chi connectivity index (χ1) is 19.0. The third-order valence-corrected chi connectivity index (χ3v) is 9.73. The molecule has 0 amide bonds. The molecule has 2 atom stereocenters. The van der Waals surface area contributed by atoms with Crippen LogP contribution in [0.3, 0.4) is 0 Å². The van der Waals surface area contributed by atoms with Crippen molar-refractivity contribution in [1.29, 1.82) is 0 Å². The third kappa shape index (κ3) is 7.02. The van der Waals surface area contributed by atoms with Crippen molar-refractivity contribution in [2.75, 3.05) is 4.72 Å². The van der Waals surface area contributed by atoms with E-state index in [1.54, 1.807) is 11.8 Å². The molecule has 1 fully saturated rings. The predicted molar refractivity (Wildman–Crippen MR) is 164 cm³/mol. The molecule has 39 heavy (non-hydrogen) atoms. The zero-order chi connectivity index (χ0) is 27.2. The Morgan fingerprint density at radius 1 is 1.03 bits per heavy atom. The number of hydrogen-bond donors (Lipinski definition) is 2. The van der Waals surface area contributed by atoms with E-state index in [2.05, 4.69) is 52.4 Å². The highest BCUT2D eigenvalue weighted by Gasteiger charge is 2.26. The number of nitrogens with one attached hydrogen (secondary N) is 2. The maximum Gasteiger partial charge on any atom is 0.150 e. The first-order valence-electron chi connectivity index (χ1n) is 13.8. The normalized spacial score (nSPS) is 18.6. The lowest BCUT2D eigenvalue weighted by atomic mass is 9.84. The number of carbonyl (C=O) groups excluding carboxylic acids is 1. The minimum atomic E-state index is -1.33. The molecule has 0 bridgehead atoms. The van der Waals surface area contributed by atoms with E-state index in [-0.39, 0.29) is 5.50 Å². The van der Waals surface area contributed by atoms with Crippen molar-refractivity contribution in [2.24, 2.45) is 0 Å². The zero-order valence-corrected chi connectivity index (χ0v) is 24.3. The summed E-state index contributed by atoms with van der Waals surface area (Å²) in [5.41, 5.74) is 6.27. The molecular formula is C32H37N3O2S2. The molecule has 2 N–H and O–H groups in total. The van der Waals surface area contributed by atoms with Crippen molar-refractivity contribution < 1.29 is 9.00 Å². The fourth-order valence-electron chi connectivity index (χ4n) is 5.31. The van der Waals surface area contributed by atoms with Gasteiger partial charge in [0, 0.05) is 35.1 Å². The molecule has 7 heteroatoms. The van der Waals surface area contributed by atoms with Gasteiger partial charge in [0.05, 0.1) is 4.90 Å². The van der Waals surface area contributed by atoms with Crippen molar-refractivity contribution >= 4 is 40.4 Å². The molecule has 5 rings (SSSR count). The summed E-state index contributed by atoms with van der Waals surface area (Å²) >= 11 is 1.75. The van der Waals surface area contributed by atoms with E-state index < -0.39 is 11.0 Å². The predicted octanol–water partition coefficient (Wildman–Crippen LogP) is 7.51. The molecular weight excluding hydrogens is 523 g/mol. The van der Waals surface area contributed by atoms with E-state index in [0.29, 0.717) is 17.5 Å². The van der Waals surface area contributed by atoms with Gasteiger partial charge in [-0.05, 0) is 73.4 Å². The van der Waals surface area contributed by atoms with Crippen molar-refractivity contribution in [1.82, 2.24) is 10.2 Å². The van der Waals surface area contributed by atoms with Gasteiger partial charge in [-0.2, -0.15) is 0 Å². The van der Waals surface area contributed by atoms with Gasteiger partial charge in [-0.25, -0.2) is 4.21 Å². The second-order valence-corrected chi connectivity index (χ2v) is 12.8. The minimum absolute atomic E-state index is 0.0965. The maximum absolute atomic E-state index is 13.1. The Morgan fingerprint density at radius 2 is 1.77 bits per heavy atom. The molecule has 1 aliphatic carbocycles. The molecule has 3 aromatic carbocycles. The average Bonchev–Trinajstić information content (AvgIpc) is 3.47. The van der Waals surface area contributed by atoms with Gasteiger partial charge in [-0.3, -0.25) is 9.69 Å². The Morgan fingerprint density at radius 3 is 2.46 bits per heavy atom. The monoisotopic (exact) mass is 559 g/mol. The molecule has 1 heterocycles. The molecule has 0 saturated heterocycles. The van der Waals surface area contributed by atoms with E-state index >= 15 is 0 Å². The van der Waals surface area contributed by atoms with Crippen LogP contribution >= 0.6 is 11.8 Å². The average molecular weight is 560 g/mol. The smallest absolute Gasteiger partial charge is 0.150 e. The molecule has 0 radical (unpaired) electrons. The summed E-state index contributed by atoms with van der Waals surface area (Å²) in [6, 6.07) is 24.5. The highest BCUT2D eigenvalue weighted by Crippen LogP contribution is 2.34. The first kappa shape index (κ1) is 27.7. The van der Waals surface area contributed by atoms with Gasteiger partial charge in [0.2, 0.25) is 0 Å². The SMILES string of the molecule is CC(C)N(Cc1ccc(C=O)cc1)C1NC(c2cccc(NS(=O)c3ccc(C4CCCCC4)cc3)c2)=CS1. The van der Waals surface area contributed by atoms with Gasteiger partial charge in [-0.15, -0.1) is 0 Å². The molecule has 5 nitrogen and oxygen atoms in total. The topological polar surface area (TPSA) is 61.4 Å². The van der Waals surface area contributed by atoms with Gasteiger partial charge in [0.15, 0.2) is 0 Å². The second-order valence-electron chi connectivity index (χ2n) is 10.6. The Bertz CT molecular complexity index is 1320. The number of benzene rings is 3. The Balaban J connectivity index is 1.21. The molecule has 2 aliphatic rings. The quantitative estimate of drug-likeness (QED) is 0.252. The fourth-order valence-corrected chi connectivity index (χ4v) is 7.29. The van der Waals surface area contributed by atoms with Gasteiger partial charge < -0.3 is 10.0 Å². The fraction of sp³-hybridized carbons (Fsp3) is 0.344. The standard InChI is InChI=1S/C32H37N3O2S2/c1-23(2)35(20-24-11-13-25(21-36)14-12-24)32-33-31(22-38-32)28-9-6-10-29(19-28)34-39(37)30-17-15-27(16-18-30)26-7-4-3-5-8-26/h6,9-19,21-23,26,32-34H,3-5,7-8,20H2,1-2H3. The number of aldehydes is 1. The van der Waals surface area contributed by atoms with E-state index in [1.165, 1.54) is 43.2 Å². The largest absolute Gasteiger partial charge is 0.360 e. The number of hydrogen-bond acceptors (Lipinski definition) is 5. The summed E-state index contributed by atoms with van der Waals surface area (Å²) in [4.78, 5) is 14.2. The summed E-state index contributed by atoms with van der Waals surface area (Å²) in [6.45, 7) is 5.17. The lowest BCUT2D eigenvalue weighted by Crippen LogP contribution is -2.43. The summed E-state index contributed by atoms with van der Waals surface area (Å²) in [5, 5.41) is 5.83. The lowest BCUT2D eigenvalue weighted by molar-refractivity contribution is 0.112. The number of thioether (sulfide) groups is 1. The van der Waals surface area contributed by atoms with E-state index in [0.717, 1.165) is 34.7 Å². The van der Waals surface area contributed by atoms with E-state index in [4.69, 9.17) is 0 Å². The molecule has 204 valence electrons. The van der Waals surface area contributed by atoms with Crippen molar-refractivity contribution in [3.8, 4) is 0 Å². The van der Waals surface area contributed by atoms with E-state index in [9.17, 15) is 9.00 Å². The summed E-state index contributed by atoms with van der Waals surface area (Å²) in [6.07, 6.45) is 7.38. The molecule has 3 aromatic rings. The lowest BCUT2D eigenvalue weighted by Gasteiger charge is -2.32. The summed E-state index contributed by atoms with van der Waals surface area (Å²) in [5.74, 6) is 0.648. The highest BCUT2D eigenvalue weighted by molar-refractivity contribution is 8.03. The number of carbonyl (C=O) groups is 1. The van der Waals surface area contributed by atoms with Crippen LogP contribution in [0, 0.1) is 0 Å². The van der Waals surface area contributed by atoms with Crippen LogP contribution in [0.25, 0.3) is 5.70 Å². The number of nitrogens with zero attached hydrogens (tertiary/aromatic N) is 1. The van der Waals surface area contributed by atoms with Gasteiger partial charge in [-0.1, -0.05) is 79.6 Å². The Kier molecular flexibility index (Phi) is 9.22. The Labute approximate surface area is 239 Å². The third-order valence-electron chi connectivity index (χ3n) is 7.59. The highest BCUT2D eigenvalue weighted by atomic mass is 32.2. The van der Waals surface area contributed by atoms with Crippen molar-refractivity contribution in [3.05, 3.63) is 100 Å². The Hall–Kier alpha value is -2.87. The van der Waals surface area contributed by atoms with Crippen LogP contribution in [0.1, 0.15) is 78.9 Å². The first-order valence-corrected chi connectivity index (χ1v) is 15.9. The number of rotatable bonds is 10. The minimum Gasteiger partial charge on any atom is -0.360 e. The summed E-state index contributed by atoms with van der Waals surface area (Å²) < 4.78 is 16.3. The van der Waals surface area contributed by atoms with Gasteiger partial charge in [0.1, 0.15) is 22.8 Å². The summed E-state index contributed by atoms with van der Waals surface area (Å²) in [7, 11) is -1.33. The van der Waals surface area contributed by atoms with Crippen LogP contribution in [0.2, 0.25) is 0 Å². The van der Waals surface area contributed by atoms with Crippen LogP contribution in [-0.2, 0) is 17.5 Å². The van der Waals surface area contributed by atoms with Crippen LogP contribution < -0.4 is 10.0 Å². The zero-order valence-electron chi connectivity index (χ0n) is 22.6. The maximum atomic E-state index is 13.1. The van der Waals surface area contributed by atoms with Crippen molar-refractivity contribution in [3.63, 3.8) is 0 Å². The second kappa shape index (κ2) is 13.0. The van der Waals surface area contributed by atoms with E-state index in [1.807, 2.05) is 54.6 Å². The van der Waals surface area contributed by atoms with Crippen LogP contribution in [0.5, 0.6) is 0 Å². The molecule has 2 unspecified atom stereocenters. The van der Waals surface area contributed by atoms with Crippen LogP contribution in [-0.4, -0.2) is 26.9 Å². The van der Waals surface area contributed by atoms with Crippen LogP contribution in [0.15, 0.2) is 83.1 Å². The molecule has 0 spiro atoms. The number of anilines is 1.